The van der Waals surface area contributed by atoms with E-state index in [1.54, 1.807) is 0 Å². The number of halogens is 3. The Morgan fingerprint density at radius 2 is 1.96 bits per heavy atom. The Morgan fingerprint density at radius 3 is 2.62 bits per heavy atom. The Balaban J connectivity index is 1.60. The first kappa shape index (κ1) is 17.2. The SMILES string of the molecule is O=C(CCc1nnc(-c2ccsc2)o1)Oc1c(Cl)cc(Cl)cc1Cl. The number of carbonyl (C=O) groups is 1. The number of aromatic nitrogens is 2. The molecule has 0 saturated carbocycles. The third-order valence-electron chi connectivity index (χ3n) is 2.96. The molecule has 2 aromatic heterocycles. The number of nitrogens with zero attached hydrogens (tertiary/aromatic N) is 2. The fourth-order valence-electron chi connectivity index (χ4n) is 1.86. The summed E-state index contributed by atoms with van der Waals surface area (Å²) in [6.45, 7) is 0. The normalized spacial score (nSPS) is 10.8. The van der Waals surface area contributed by atoms with Gasteiger partial charge in [-0.1, -0.05) is 34.8 Å². The van der Waals surface area contributed by atoms with Gasteiger partial charge in [-0.05, 0) is 23.6 Å². The van der Waals surface area contributed by atoms with E-state index in [0.29, 0.717) is 16.8 Å². The molecule has 0 aliphatic rings. The van der Waals surface area contributed by atoms with Gasteiger partial charge in [0.2, 0.25) is 11.8 Å². The van der Waals surface area contributed by atoms with Crippen molar-refractivity contribution in [3.8, 4) is 17.2 Å². The van der Waals surface area contributed by atoms with Crippen molar-refractivity contribution in [2.45, 2.75) is 12.8 Å². The van der Waals surface area contributed by atoms with Crippen LogP contribution >= 0.6 is 46.1 Å². The molecule has 0 aliphatic heterocycles. The van der Waals surface area contributed by atoms with Gasteiger partial charge in [-0.2, -0.15) is 11.3 Å². The summed E-state index contributed by atoms with van der Waals surface area (Å²) in [6, 6.07) is 4.77. The summed E-state index contributed by atoms with van der Waals surface area (Å²) in [5.74, 6) is 0.332. The topological polar surface area (TPSA) is 65.2 Å². The van der Waals surface area contributed by atoms with Crippen molar-refractivity contribution in [3.63, 3.8) is 0 Å². The zero-order chi connectivity index (χ0) is 17.1. The molecule has 0 fully saturated rings. The van der Waals surface area contributed by atoms with E-state index >= 15 is 0 Å². The second kappa shape index (κ2) is 7.53. The van der Waals surface area contributed by atoms with Gasteiger partial charge in [0.15, 0.2) is 5.75 Å². The maximum Gasteiger partial charge on any atom is 0.311 e. The van der Waals surface area contributed by atoms with Crippen molar-refractivity contribution in [3.05, 3.63) is 49.9 Å². The lowest BCUT2D eigenvalue weighted by molar-refractivity contribution is -0.134. The molecule has 124 valence electrons. The van der Waals surface area contributed by atoms with Gasteiger partial charge in [-0.15, -0.1) is 10.2 Å². The quantitative estimate of drug-likeness (QED) is 0.427. The summed E-state index contributed by atoms with van der Waals surface area (Å²) >= 11 is 19.3. The van der Waals surface area contributed by atoms with Gasteiger partial charge in [0.25, 0.3) is 0 Å². The minimum absolute atomic E-state index is 0.0422. The first-order chi connectivity index (χ1) is 11.5. The van der Waals surface area contributed by atoms with Crippen molar-refractivity contribution in [1.82, 2.24) is 10.2 Å². The van der Waals surface area contributed by atoms with Gasteiger partial charge in [0.05, 0.1) is 16.5 Å². The largest absolute Gasteiger partial charge is 0.423 e. The van der Waals surface area contributed by atoms with Crippen LogP contribution in [0.4, 0.5) is 0 Å². The van der Waals surface area contributed by atoms with Gasteiger partial charge >= 0.3 is 5.97 Å². The average Bonchev–Trinajstić information content (AvgIpc) is 3.19. The molecule has 3 rings (SSSR count). The van der Waals surface area contributed by atoms with Crippen LogP contribution in [-0.4, -0.2) is 16.2 Å². The molecule has 0 bridgehead atoms. The average molecular weight is 404 g/mol. The molecule has 0 amide bonds. The minimum atomic E-state index is -0.517. The lowest BCUT2D eigenvalue weighted by Crippen LogP contribution is -2.10. The Bertz CT molecular complexity index is 842. The molecule has 9 heteroatoms. The predicted molar refractivity (Wildman–Crippen MR) is 93.0 cm³/mol. The van der Waals surface area contributed by atoms with Gasteiger partial charge in [0, 0.05) is 22.4 Å². The summed E-state index contributed by atoms with van der Waals surface area (Å²) in [6.07, 6.45) is 0.291. The summed E-state index contributed by atoms with van der Waals surface area (Å²) in [5, 5.41) is 12.3. The molecule has 24 heavy (non-hydrogen) atoms. The van der Waals surface area contributed by atoms with Gasteiger partial charge in [-0.25, -0.2) is 0 Å². The fraction of sp³-hybridized carbons (Fsp3) is 0.133. The van der Waals surface area contributed by atoms with Gasteiger partial charge in [0.1, 0.15) is 0 Å². The zero-order valence-corrected chi connectivity index (χ0v) is 15.0. The minimum Gasteiger partial charge on any atom is -0.423 e. The first-order valence-corrected chi connectivity index (χ1v) is 8.81. The summed E-state index contributed by atoms with van der Waals surface area (Å²) in [4.78, 5) is 11.9. The number of esters is 1. The standard InChI is InChI=1S/C15H9Cl3N2O3S/c16-9-5-10(17)14(11(18)6-9)23-13(21)2-1-12-19-20-15(22-12)8-3-4-24-7-8/h3-7H,1-2H2. The highest BCUT2D eigenvalue weighted by atomic mass is 35.5. The van der Waals surface area contributed by atoms with Crippen molar-refractivity contribution < 1.29 is 13.9 Å². The molecule has 0 unspecified atom stereocenters. The van der Waals surface area contributed by atoms with Crippen LogP contribution in [0.25, 0.3) is 11.5 Å². The van der Waals surface area contributed by atoms with Crippen LogP contribution in [0.5, 0.6) is 5.75 Å². The summed E-state index contributed by atoms with van der Waals surface area (Å²) in [5.41, 5.74) is 0.848. The Labute approximate surface area is 156 Å². The van der Waals surface area contributed by atoms with E-state index in [4.69, 9.17) is 44.0 Å². The summed E-state index contributed by atoms with van der Waals surface area (Å²) in [7, 11) is 0. The number of hydrogen-bond donors (Lipinski definition) is 0. The molecule has 1 aromatic carbocycles. The van der Waals surface area contributed by atoms with E-state index < -0.39 is 5.97 Å². The molecule has 0 saturated heterocycles. The molecule has 0 spiro atoms. The first-order valence-electron chi connectivity index (χ1n) is 6.73. The lowest BCUT2D eigenvalue weighted by Gasteiger charge is -2.08. The Morgan fingerprint density at radius 1 is 1.21 bits per heavy atom. The molecular formula is C15H9Cl3N2O3S. The van der Waals surface area contributed by atoms with E-state index in [9.17, 15) is 4.79 Å². The van der Waals surface area contributed by atoms with E-state index in [0.717, 1.165) is 5.56 Å². The highest BCUT2D eigenvalue weighted by Gasteiger charge is 2.16. The van der Waals surface area contributed by atoms with E-state index in [-0.39, 0.29) is 28.6 Å². The van der Waals surface area contributed by atoms with Crippen molar-refractivity contribution in [1.29, 1.82) is 0 Å². The van der Waals surface area contributed by atoms with E-state index in [1.165, 1.54) is 23.5 Å². The van der Waals surface area contributed by atoms with Crippen LogP contribution in [0.2, 0.25) is 15.1 Å². The molecule has 0 aliphatic carbocycles. The van der Waals surface area contributed by atoms with Crippen molar-refractivity contribution >= 4 is 52.1 Å². The van der Waals surface area contributed by atoms with Gasteiger partial charge in [-0.3, -0.25) is 4.79 Å². The summed E-state index contributed by atoms with van der Waals surface area (Å²) < 4.78 is 10.7. The number of benzene rings is 1. The molecular weight excluding hydrogens is 395 g/mol. The molecule has 0 atom stereocenters. The maximum absolute atomic E-state index is 11.9. The van der Waals surface area contributed by atoms with Crippen molar-refractivity contribution in [2.75, 3.05) is 0 Å². The lowest BCUT2D eigenvalue weighted by atomic mass is 10.3. The third-order valence-corrected chi connectivity index (χ3v) is 4.42. The van der Waals surface area contributed by atoms with Crippen LogP contribution in [0, 0.1) is 0 Å². The number of aryl methyl sites for hydroxylation is 1. The second-order valence-electron chi connectivity index (χ2n) is 4.69. The third kappa shape index (κ3) is 4.08. The molecule has 5 nitrogen and oxygen atoms in total. The highest BCUT2D eigenvalue weighted by Crippen LogP contribution is 2.36. The number of ether oxygens (including phenoxy) is 1. The Kier molecular flexibility index (Phi) is 5.40. The van der Waals surface area contributed by atoms with Crippen LogP contribution in [0.3, 0.4) is 0 Å². The highest BCUT2D eigenvalue weighted by molar-refractivity contribution is 7.08. The van der Waals surface area contributed by atoms with Crippen LogP contribution < -0.4 is 4.74 Å². The van der Waals surface area contributed by atoms with Gasteiger partial charge < -0.3 is 9.15 Å². The van der Waals surface area contributed by atoms with Crippen molar-refractivity contribution in [2.24, 2.45) is 0 Å². The maximum atomic E-state index is 11.9. The smallest absolute Gasteiger partial charge is 0.311 e. The number of rotatable bonds is 5. The number of hydrogen-bond acceptors (Lipinski definition) is 6. The number of thiophene rings is 1. The van der Waals surface area contributed by atoms with E-state index in [1.807, 2.05) is 16.8 Å². The fourth-order valence-corrected chi connectivity index (χ4v) is 3.38. The van der Waals surface area contributed by atoms with Crippen LogP contribution in [0.1, 0.15) is 12.3 Å². The Hall–Kier alpha value is -1.60. The molecule has 0 radical (unpaired) electrons. The van der Waals surface area contributed by atoms with Crippen LogP contribution in [-0.2, 0) is 11.2 Å². The second-order valence-corrected chi connectivity index (χ2v) is 6.72. The monoisotopic (exact) mass is 402 g/mol. The number of carbonyl (C=O) groups excluding carboxylic acids is 1. The zero-order valence-electron chi connectivity index (χ0n) is 12.0. The molecule has 0 N–H and O–H groups in total. The van der Waals surface area contributed by atoms with E-state index in [2.05, 4.69) is 10.2 Å². The predicted octanol–water partition coefficient (Wildman–Crippen LogP) is 5.30. The molecule has 2 heterocycles. The molecule has 3 aromatic rings. The van der Waals surface area contributed by atoms with Crippen LogP contribution in [0.15, 0.2) is 33.4 Å².